The Morgan fingerprint density at radius 1 is 1.47 bits per heavy atom. The highest BCUT2D eigenvalue weighted by molar-refractivity contribution is 5.86. The van der Waals surface area contributed by atoms with Crippen LogP contribution in [0.5, 0.6) is 0 Å². The summed E-state index contributed by atoms with van der Waals surface area (Å²) in [6, 6.07) is 2.12. The number of aryl methyl sites for hydroxylation is 1. The van der Waals surface area contributed by atoms with Crippen LogP contribution < -0.4 is 5.32 Å². The minimum absolute atomic E-state index is 0.0329. The molecule has 0 amide bonds. The molecule has 0 radical (unpaired) electrons. The van der Waals surface area contributed by atoms with Crippen molar-refractivity contribution in [2.24, 2.45) is 5.92 Å². The lowest BCUT2D eigenvalue weighted by molar-refractivity contribution is 0.0659. The second kappa shape index (κ2) is 6.73. The predicted molar refractivity (Wildman–Crippen MR) is 74.4 cm³/mol. The number of carboxylic acids is 1. The van der Waals surface area contributed by atoms with E-state index >= 15 is 0 Å². The molecule has 0 spiro atoms. The average Bonchev–Trinajstić information content (AvgIpc) is 2.65. The third kappa shape index (κ3) is 4.69. The van der Waals surface area contributed by atoms with E-state index in [1.807, 2.05) is 14.1 Å². The fraction of sp³-hybridized carbons (Fsp3) is 0.643. The van der Waals surface area contributed by atoms with Gasteiger partial charge in [-0.15, -0.1) is 0 Å². The zero-order chi connectivity index (χ0) is 14.6. The minimum Gasteiger partial charge on any atom is -0.475 e. The molecule has 1 atom stereocenters. The monoisotopic (exact) mass is 268 g/mol. The van der Waals surface area contributed by atoms with Crippen molar-refractivity contribution in [3.63, 3.8) is 0 Å². The van der Waals surface area contributed by atoms with Gasteiger partial charge in [0.1, 0.15) is 5.76 Å². The maximum Gasteiger partial charge on any atom is 0.372 e. The van der Waals surface area contributed by atoms with Crippen LogP contribution >= 0.6 is 0 Å². The van der Waals surface area contributed by atoms with Crippen LogP contribution in [-0.4, -0.2) is 42.7 Å². The highest BCUT2D eigenvalue weighted by Gasteiger charge is 2.17. The summed E-state index contributed by atoms with van der Waals surface area (Å²) < 4.78 is 5.34. The van der Waals surface area contributed by atoms with Crippen LogP contribution in [0.2, 0.25) is 0 Å². The number of nitrogens with zero attached hydrogens (tertiary/aromatic N) is 1. The van der Waals surface area contributed by atoms with Gasteiger partial charge in [0.25, 0.3) is 0 Å². The number of hydrogen-bond acceptors (Lipinski definition) is 4. The second-order valence-corrected chi connectivity index (χ2v) is 5.52. The molecule has 0 saturated heterocycles. The molecule has 0 aromatic carbocycles. The molecule has 5 nitrogen and oxygen atoms in total. The number of aromatic carboxylic acids is 1. The SMILES string of the molecule is Cc1cc(CNC(CN(C)C)C(C)C)oc1C(=O)O. The third-order valence-electron chi connectivity index (χ3n) is 3.07. The van der Waals surface area contributed by atoms with Crippen molar-refractivity contribution in [3.8, 4) is 0 Å². The van der Waals surface area contributed by atoms with Gasteiger partial charge in [-0.25, -0.2) is 4.79 Å². The van der Waals surface area contributed by atoms with E-state index in [1.165, 1.54) is 0 Å². The Morgan fingerprint density at radius 2 is 2.11 bits per heavy atom. The Hall–Kier alpha value is -1.33. The normalized spacial score (nSPS) is 13.2. The molecule has 2 N–H and O–H groups in total. The predicted octanol–water partition coefficient (Wildman–Crippen LogP) is 1.96. The van der Waals surface area contributed by atoms with Crippen molar-refractivity contribution in [2.75, 3.05) is 20.6 Å². The molecule has 1 rings (SSSR count). The summed E-state index contributed by atoms with van der Waals surface area (Å²) in [5, 5.41) is 12.4. The van der Waals surface area contributed by atoms with Crippen LogP contribution in [0.1, 0.15) is 35.7 Å². The zero-order valence-corrected chi connectivity index (χ0v) is 12.4. The Labute approximate surface area is 114 Å². The second-order valence-electron chi connectivity index (χ2n) is 5.52. The molecular formula is C14H24N2O3. The van der Waals surface area contributed by atoms with Crippen molar-refractivity contribution in [3.05, 3.63) is 23.2 Å². The molecule has 1 aromatic rings. The lowest BCUT2D eigenvalue weighted by Crippen LogP contribution is -2.41. The molecule has 5 heteroatoms. The van der Waals surface area contributed by atoms with Crippen LogP contribution in [0.25, 0.3) is 0 Å². The van der Waals surface area contributed by atoms with Crippen LogP contribution in [0.3, 0.4) is 0 Å². The quantitative estimate of drug-likeness (QED) is 0.791. The van der Waals surface area contributed by atoms with E-state index in [4.69, 9.17) is 9.52 Å². The highest BCUT2D eigenvalue weighted by atomic mass is 16.4. The summed E-state index contributed by atoms with van der Waals surface area (Å²) in [5.41, 5.74) is 0.665. The molecule has 1 heterocycles. The first-order valence-electron chi connectivity index (χ1n) is 6.52. The van der Waals surface area contributed by atoms with Crippen LogP contribution in [-0.2, 0) is 6.54 Å². The molecule has 0 saturated carbocycles. The number of carboxylic acid groups (broad SMARTS) is 1. The van der Waals surface area contributed by atoms with Gasteiger partial charge in [0.2, 0.25) is 5.76 Å². The largest absolute Gasteiger partial charge is 0.475 e. The van der Waals surface area contributed by atoms with Crippen molar-refractivity contribution in [1.82, 2.24) is 10.2 Å². The van der Waals surface area contributed by atoms with Crippen LogP contribution in [0, 0.1) is 12.8 Å². The van der Waals surface area contributed by atoms with Gasteiger partial charge in [-0.1, -0.05) is 13.8 Å². The Morgan fingerprint density at radius 3 is 2.53 bits per heavy atom. The number of nitrogens with one attached hydrogen (secondary N) is 1. The topological polar surface area (TPSA) is 65.7 Å². The Bertz CT molecular complexity index is 424. The molecule has 0 fully saturated rings. The molecule has 0 aliphatic carbocycles. The first-order chi connectivity index (χ1) is 8.81. The van der Waals surface area contributed by atoms with E-state index in [0.717, 1.165) is 6.54 Å². The molecule has 0 aliphatic rings. The van der Waals surface area contributed by atoms with Gasteiger partial charge in [0.15, 0.2) is 0 Å². The Kier molecular flexibility index (Phi) is 5.57. The Balaban J connectivity index is 2.64. The number of rotatable bonds is 7. The highest BCUT2D eigenvalue weighted by Crippen LogP contribution is 2.15. The van der Waals surface area contributed by atoms with Gasteiger partial charge in [0, 0.05) is 18.2 Å². The maximum atomic E-state index is 10.9. The van der Waals surface area contributed by atoms with Crippen molar-refractivity contribution in [2.45, 2.75) is 33.4 Å². The van der Waals surface area contributed by atoms with Crippen LogP contribution in [0.4, 0.5) is 0 Å². The fourth-order valence-corrected chi connectivity index (χ4v) is 1.98. The van der Waals surface area contributed by atoms with E-state index in [0.29, 0.717) is 29.8 Å². The van der Waals surface area contributed by atoms with Gasteiger partial charge >= 0.3 is 5.97 Å². The number of furan rings is 1. The summed E-state index contributed by atoms with van der Waals surface area (Å²) >= 11 is 0. The standard InChI is InChI=1S/C14H24N2O3/c1-9(2)12(8-16(4)5)15-7-11-6-10(3)13(19-11)14(17)18/h6,9,12,15H,7-8H2,1-5H3,(H,17,18). The van der Waals surface area contributed by atoms with E-state index in [-0.39, 0.29) is 5.76 Å². The number of hydrogen-bond donors (Lipinski definition) is 2. The van der Waals surface area contributed by atoms with E-state index in [2.05, 4.69) is 24.1 Å². The van der Waals surface area contributed by atoms with Crippen molar-refractivity contribution < 1.29 is 14.3 Å². The first-order valence-corrected chi connectivity index (χ1v) is 6.52. The van der Waals surface area contributed by atoms with Crippen molar-refractivity contribution >= 4 is 5.97 Å². The van der Waals surface area contributed by atoms with Gasteiger partial charge in [-0.3, -0.25) is 0 Å². The summed E-state index contributed by atoms with van der Waals surface area (Å²) in [6.07, 6.45) is 0. The molecule has 0 bridgehead atoms. The fourth-order valence-electron chi connectivity index (χ4n) is 1.98. The lowest BCUT2D eigenvalue weighted by Gasteiger charge is -2.25. The number of likely N-dealkylation sites (N-methyl/N-ethyl adjacent to an activating group) is 1. The molecule has 108 valence electrons. The molecule has 19 heavy (non-hydrogen) atoms. The smallest absolute Gasteiger partial charge is 0.372 e. The summed E-state index contributed by atoms with van der Waals surface area (Å²) in [6.45, 7) is 7.55. The third-order valence-corrected chi connectivity index (χ3v) is 3.07. The minimum atomic E-state index is -1.02. The molecule has 0 aliphatic heterocycles. The van der Waals surface area contributed by atoms with Gasteiger partial charge in [-0.05, 0) is 33.0 Å². The molecular weight excluding hydrogens is 244 g/mol. The van der Waals surface area contributed by atoms with Gasteiger partial charge < -0.3 is 19.7 Å². The summed E-state index contributed by atoms with van der Waals surface area (Å²) in [7, 11) is 4.08. The summed E-state index contributed by atoms with van der Waals surface area (Å²) in [5.74, 6) is 0.180. The molecule has 1 aromatic heterocycles. The van der Waals surface area contributed by atoms with E-state index in [1.54, 1.807) is 13.0 Å². The average molecular weight is 268 g/mol. The van der Waals surface area contributed by atoms with Gasteiger partial charge in [0.05, 0.1) is 6.54 Å². The summed E-state index contributed by atoms with van der Waals surface area (Å²) in [4.78, 5) is 13.0. The first kappa shape index (κ1) is 15.7. The van der Waals surface area contributed by atoms with Crippen molar-refractivity contribution in [1.29, 1.82) is 0 Å². The zero-order valence-electron chi connectivity index (χ0n) is 12.4. The lowest BCUT2D eigenvalue weighted by atomic mass is 10.0. The van der Waals surface area contributed by atoms with Crippen LogP contribution in [0.15, 0.2) is 10.5 Å². The molecule has 1 unspecified atom stereocenters. The van der Waals surface area contributed by atoms with E-state index < -0.39 is 5.97 Å². The van der Waals surface area contributed by atoms with Gasteiger partial charge in [-0.2, -0.15) is 0 Å². The van der Waals surface area contributed by atoms with E-state index in [9.17, 15) is 4.79 Å². The maximum absolute atomic E-state index is 10.9. The number of carbonyl (C=O) groups is 1.